The summed E-state index contributed by atoms with van der Waals surface area (Å²) in [7, 11) is 1.36. The molecule has 0 aliphatic heterocycles. The van der Waals surface area contributed by atoms with E-state index in [2.05, 4.69) is 11.7 Å². The van der Waals surface area contributed by atoms with Gasteiger partial charge in [0.1, 0.15) is 11.6 Å². The van der Waals surface area contributed by atoms with Gasteiger partial charge in [-0.25, -0.2) is 4.79 Å². The Kier molecular flexibility index (Phi) is 5.36. The second kappa shape index (κ2) is 6.81. The molecule has 0 bridgehead atoms. The Hall–Kier alpha value is -1.45. The first-order valence-corrected chi connectivity index (χ1v) is 8.94. The zero-order chi connectivity index (χ0) is 18.1. The van der Waals surface area contributed by atoms with Crippen molar-refractivity contribution in [3.63, 3.8) is 0 Å². The third kappa shape index (κ3) is 3.33. The van der Waals surface area contributed by atoms with E-state index in [1.165, 1.54) is 13.2 Å². The van der Waals surface area contributed by atoms with Crippen molar-refractivity contribution < 1.29 is 19.1 Å². The van der Waals surface area contributed by atoms with E-state index in [-0.39, 0.29) is 28.6 Å². The summed E-state index contributed by atoms with van der Waals surface area (Å²) in [4.78, 5) is 36.4. The zero-order valence-electron chi connectivity index (χ0n) is 15.6. The first-order chi connectivity index (χ1) is 11.1. The predicted octanol–water partition coefficient (Wildman–Crippen LogP) is 3.88. The highest BCUT2D eigenvalue weighted by molar-refractivity contribution is 5.88. The number of ketones is 2. The Bertz CT molecular complexity index is 572. The van der Waals surface area contributed by atoms with Crippen molar-refractivity contribution in [2.75, 3.05) is 7.11 Å². The average Bonchev–Trinajstić information content (AvgIpc) is 2.50. The van der Waals surface area contributed by atoms with Crippen LogP contribution in [0.25, 0.3) is 0 Å². The monoisotopic (exact) mass is 334 g/mol. The van der Waals surface area contributed by atoms with Gasteiger partial charge in [0.25, 0.3) is 0 Å². The van der Waals surface area contributed by atoms with Crippen LogP contribution in [0.2, 0.25) is 0 Å². The fourth-order valence-electron chi connectivity index (χ4n) is 5.03. The highest BCUT2D eigenvalue weighted by atomic mass is 16.5. The maximum absolute atomic E-state index is 12.6. The molecule has 0 heterocycles. The van der Waals surface area contributed by atoms with Crippen molar-refractivity contribution in [2.45, 2.75) is 66.2 Å². The van der Waals surface area contributed by atoms with E-state index < -0.39 is 0 Å². The molecule has 0 aromatic heterocycles. The lowest BCUT2D eigenvalue weighted by Crippen LogP contribution is -2.55. The van der Waals surface area contributed by atoms with Gasteiger partial charge < -0.3 is 4.74 Å². The molecule has 2 aliphatic carbocycles. The van der Waals surface area contributed by atoms with Gasteiger partial charge in [0, 0.05) is 30.3 Å². The minimum Gasteiger partial charge on any atom is -0.466 e. The third-order valence-electron chi connectivity index (χ3n) is 6.53. The van der Waals surface area contributed by atoms with Crippen molar-refractivity contribution in [1.82, 2.24) is 0 Å². The molecule has 0 radical (unpaired) electrons. The Morgan fingerprint density at radius 1 is 1.25 bits per heavy atom. The van der Waals surface area contributed by atoms with Crippen molar-refractivity contribution in [3.8, 4) is 0 Å². The molecule has 2 fully saturated rings. The first-order valence-electron chi connectivity index (χ1n) is 8.94. The number of allylic oxidation sites excluding steroid dienone is 1. The molecule has 2 aliphatic rings. The van der Waals surface area contributed by atoms with Crippen molar-refractivity contribution in [1.29, 1.82) is 0 Å². The van der Waals surface area contributed by atoms with Gasteiger partial charge in [-0.3, -0.25) is 9.59 Å². The number of carbonyl (C=O) groups is 3. The van der Waals surface area contributed by atoms with Crippen LogP contribution in [0.3, 0.4) is 0 Å². The SMILES string of the molecule is COC(=O)C=C(C)CCC1C(=O)CCC2C(C)(C)C(=O)CCC12C. The molecule has 2 saturated carbocycles. The van der Waals surface area contributed by atoms with Crippen LogP contribution >= 0.6 is 0 Å². The number of methoxy groups -OCH3 is 1. The van der Waals surface area contributed by atoms with Crippen LogP contribution in [0.5, 0.6) is 0 Å². The molecular weight excluding hydrogens is 304 g/mol. The van der Waals surface area contributed by atoms with Crippen LogP contribution in [0, 0.1) is 22.7 Å². The van der Waals surface area contributed by atoms with E-state index in [1.807, 2.05) is 20.8 Å². The molecule has 3 atom stereocenters. The topological polar surface area (TPSA) is 60.4 Å². The number of rotatable bonds is 4. The molecule has 24 heavy (non-hydrogen) atoms. The summed E-state index contributed by atoms with van der Waals surface area (Å²) < 4.78 is 4.66. The lowest BCUT2D eigenvalue weighted by Gasteiger charge is -2.55. The molecule has 3 unspecified atom stereocenters. The normalized spacial score (nSPS) is 33.1. The quantitative estimate of drug-likeness (QED) is 0.578. The lowest BCUT2D eigenvalue weighted by atomic mass is 9.47. The molecule has 2 rings (SSSR count). The molecule has 0 amide bonds. The highest BCUT2D eigenvalue weighted by Gasteiger charge is 2.57. The molecule has 0 aromatic rings. The molecule has 0 aromatic carbocycles. The minimum atomic E-state index is -0.351. The Labute approximate surface area is 145 Å². The molecule has 4 nitrogen and oxygen atoms in total. The van der Waals surface area contributed by atoms with Gasteiger partial charge in [0.2, 0.25) is 0 Å². The molecule has 4 heteroatoms. The maximum atomic E-state index is 12.6. The Morgan fingerprint density at radius 3 is 2.54 bits per heavy atom. The predicted molar refractivity (Wildman–Crippen MR) is 92.4 cm³/mol. The summed E-state index contributed by atoms with van der Waals surface area (Å²) in [5.74, 6) is 0.545. The summed E-state index contributed by atoms with van der Waals surface area (Å²) in [5, 5.41) is 0. The van der Waals surface area contributed by atoms with E-state index >= 15 is 0 Å². The number of fused-ring (bicyclic) bond motifs is 1. The van der Waals surface area contributed by atoms with E-state index in [0.717, 1.165) is 24.8 Å². The Morgan fingerprint density at radius 2 is 1.92 bits per heavy atom. The van der Waals surface area contributed by atoms with Crippen LogP contribution < -0.4 is 0 Å². The number of carbonyl (C=O) groups excluding carboxylic acids is 3. The van der Waals surface area contributed by atoms with Crippen LogP contribution in [-0.2, 0) is 19.1 Å². The van der Waals surface area contributed by atoms with Crippen LogP contribution in [0.4, 0.5) is 0 Å². The minimum absolute atomic E-state index is 0.0235. The molecular formula is C20H30O4. The Balaban J connectivity index is 2.19. The summed E-state index contributed by atoms with van der Waals surface area (Å²) in [6, 6.07) is 0. The van der Waals surface area contributed by atoms with Gasteiger partial charge >= 0.3 is 5.97 Å². The highest BCUT2D eigenvalue weighted by Crippen LogP contribution is 2.58. The summed E-state index contributed by atoms with van der Waals surface area (Å²) in [6.45, 7) is 8.20. The molecule has 0 saturated heterocycles. The second-order valence-corrected chi connectivity index (χ2v) is 8.31. The van der Waals surface area contributed by atoms with Gasteiger partial charge in [-0.2, -0.15) is 0 Å². The fourth-order valence-corrected chi connectivity index (χ4v) is 5.03. The lowest BCUT2D eigenvalue weighted by molar-refractivity contribution is -0.156. The van der Waals surface area contributed by atoms with Gasteiger partial charge in [0.05, 0.1) is 7.11 Å². The first kappa shape index (κ1) is 18.9. The van der Waals surface area contributed by atoms with Crippen LogP contribution in [-0.4, -0.2) is 24.6 Å². The standard InChI is InChI=1S/C20H30O4/c1-13(12-18(23)24-5)6-7-14-15(21)8-9-16-19(2,3)17(22)10-11-20(14,16)4/h12,14,16H,6-11H2,1-5H3. The van der Waals surface area contributed by atoms with Gasteiger partial charge in [-0.15, -0.1) is 0 Å². The average molecular weight is 334 g/mol. The van der Waals surface area contributed by atoms with Crippen molar-refractivity contribution >= 4 is 17.5 Å². The van der Waals surface area contributed by atoms with Crippen LogP contribution in [0.15, 0.2) is 11.6 Å². The van der Waals surface area contributed by atoms with Crippen molar-refractivity contribution in [2.24, 2.45) is 22.7 Å². The number of hydrogen-bond donors (Lipinski definition) is 0. The van der Waals surface area contributed by atoms with E-state index in [1.54, 1.807) is 0 Å². The van der Waals surface area contributed by atoms with Gasteiger partial charge in [0.15, 0.2) is 0 Å². The molecule has 134 valence electrons. The van der Waals surface area contributed by atoms with E-state index in [4.69, 9.17) is 0 Å². The largest absolute Gasteiger partial charge is 0.466 e. The fraction of sp³-hybridized carbons (Fsp3) is 0.750. The van der Waals surface area contributed by atoms with Gasteiger partial charge in [-0.05, 0) is 43.9 Å². The number of Topliss-reactive ketones (excluding diaryl/α,β-unsaturated/α-hetero) is 2. The number of ether oxygens (including phenoxy) is 1. The number of hydrogen-bond acceptors (Lipinski definition) is 4. The zero-order valence-corrected chi connectivity index (χ0v) is 15.6. The summed E-state index contributed by atoms with van der Waals surface area (Å²) in [5.41, 5.74) is 0.479. The molecule has 0 spiro atoms. The van der Waals surface area contributed by atoms with E-state index in [9.17, 15) is 14.4 Å². The third-order valence-corrected chi connectivity index (χ3v) is 6.53. The summed E-state index contributed by atoms with van der Waals surface area (Å²) in [6.07, 6.45) is 5.72. The van der Waals surface area contributed by atoms with E-state index in [0.29, 0.717) is 30.8 Å². The van der Waals surface area contributed by atoms with Crippen LogP contribution in [0.1, 0.15) is 66.2 Å². The van der Waals surface area contributed by atoms with Gasteiger partial charge in [-0.1, -0.05) is 26.3 Å². The smallest absolute Gasteiger partial charge is 0.330 e. The second-order valence-electron chi connectivity index (χ2n) is 8.31. The summed E-state index contributed by atoms with van der Waals surface area (Å²) >= 11 is 0. The maximum Gasteiger partial charge on any atom is 0.330 e. The number of esters is 1. The molecule has 0 N–H and O–H groups in total. The van der Waals surface area contributed by atoms with Crippen molar-refractivity contribution in [3.05, 3.63) is 11.6 Å².